The summed E-state index contributed by atoms with van der Waals surface area (Å²) >= 11 is 0. The van der Waals surface area contributed by atoms with Gasteiger partial charge in [0, 0.05) is 30.9 Å². The Hall–Kier alpha value is -3.19. The number of rotatable bonds is 9. The van der Waals surface area contributed by atoms with Crippen molar-refractivity contribution in [3.63, 3.8) is 0 Å². The van der Waals surface area contributed by atoms with Gasteiger partial charge in [-0.25, -0.2) is 0 Å². The van der Waals surface area contributed by atoms with E-state index in [1.54, 1.807) is 29.4 Å². The number of aliphatic hydroxyl groups is 1. The third-order valence-electron chi connectivity index (χ3n) is 5.24. The number of pyridine rings is 1. The van der Waals surface area contributed by atoms with E-state index in [1.165, 1.54) is 4.90 Å². The summed E-state index contributed by atoms with van der Waals surface area (Å²) < 4.78 is 5.66. The van der Waals surface area contributed by atoms with E-state index in [0.717, 1.165) is 30.7 Å². The number of carbonyl (C=O) groups excluding carboxylic acids is 2. The fraction of sp³-hybridized carbons (Fsp3) is 0.375. The normalized spacial score (nSPS) is 18.1. The van der Waals surface area contributed by atoms with Crippen molar-refractivity contribution in [2.24, 2.45) is 0 Å². The Bertz CT molecular complexity index is 939. The van der Waals surface area contributed by atoms with E-state index in [2.05, 4.69) is 4.98 Å². The molecule has 3 rings (SSSR count). The van der Waals surface area contributed by atoms with Crippen LogP contribution in [0.2, 0.25) is 0 Å². The number of nitrogens with one attached hydrogen (secondary N) is 1. The van der Waals surface area contributed by atoms with Crippen molar-refractivity contribution in [1.29, 1.82) is 0 Å². The van der Waals surface area contributed by atoms with E-state index < -0.39 is 17.7 Å². The summed E-state index contributed by atoms with van der Waals surface area (Å²) in [6.07, 6.45) is 4.74. The first kappa shape index (κ1) is 22.5. The number of Topliss-reactive ketones (excluding diaryl/α,β-unsaturated/α-hetero) is 1. The minimum absolute atomic E-state index is 0.107. The number of aliphatic hydroxyl groups excluding tert-OH is 1. The van der Waals surface area contributed by atoms with Crippen LogP contribution in [0.4, 0.5) is 0 Å². The van der Waals surface area contributed by atoms with E-state index in [0.29, 0.717) is 18.7 Å². The second kappa shape index (κ2) is 10.2. The number of nitrogens with zero attached hydrogens (tertiary/aromatic N) is 2. The van der Waals surface area contributed by atoms with Gasteiger partial charge in [0.15, 0.2) is 0 Å². The zero-order valence-electron chi connectivity index (χ0n) is 18.3. The molecular formula is C24H30N3O4+. The van der Waals surface area contributed by atoms with E-state index in [9.17, 15) is 14.7 Å². The number of ether oxygens (including phenoxy) is 1. The Labute approximate surface area is 183 Å². The fourth-order valence-corrected chi connectivity index (χ4v) is 3.69. The average molecular weight is 425 g/mol. The van der Waals surface area contributed by atoms with Crippen LogP contribution in [0.1, 0.15) is 36.9 Å². The zero-order valence-corrected chi connectivity index (χ0v) is 18.3. The van der Waals surface area contributed by atoms with Gasteiger partial charge in [-0.1, -0.05) is 19.1 Å². The summed E-state index contributed by atoms with van der Waals surface area (Å²) in [7, 11) is 4.09. The number of ketones is 1. The molecule has 0 spiro atoms. The van der Waals surface area contributed by atoms with Crippen LogP contribution in [0.25, 0.3) is 5.76 Å². The maximum absolute atomic E-state index is 13.0. The number of amides is 1. The minimum atomic E-state index is -0.664. The molecule has 1 aliphatic heterocycles. The fourth-order valence-electron chi connectivity index (χ4n) is 3.69. The molecular weight excluding hydrogens is 394 g/mol. The van der Waals surface area contributed by atoms with Crippen molar-refractivity contribution in [3.05, 3.63) is 65.5 Å². The number of benzene rings is 1. The average Bonchev–Trinajstić information content (AvgIpc) is 3.03. The van der Waals surface area contributed by atoms with Gasteiger partial charge in [-0.15, -0.1) is 0 Å². The van der Waals surface area contributed by atoms with Crippen LogP contribution in [0.3, 0.4) is 0 Å². The summed E-state index contributed by atoms with van der Waals surface area (Å²) in [6.45, 7) is 3.95. The lowest BCUT2D eigenvalue weighted by molar-refractivity contribution is -0.858. The standard InChI is InChI=1S/C24H29N3O4/c1-4-16-31-19-8-6-17(7-9-19)21-20(22(28)18-10-12-25-13-11-18)23(29)24(30)27(21)15-5-14-26(2)3/h6-13,21,28H,4-5,14-16H2,1-3H3/p+1/t21-/m1/s1. The monoisotopic (exact) mass is 424 g/mol. The first-order valence-electron chi connectivity index (χ1n) is 10.6. The van der Waals surface area contributed by atoms with Gasteiger partial charge in [0.25, 0.3) is 11.7 Å². The van der Waals surface area contributed by atoms with Crippen LogP contribution in [0, 0.1) is 0 Å². The van der Waals surface area contributed by atoms with Crippen LogP contribution in [-0.2, 0) is 9.59 Å². The predicted molar refractivity (Wildman–Crippen MR) is 118 cm³/mol. The van der Waals surface area contributed by atoms with Crippen LogP contribution in [-0.4, -0.2) is 60.5 Å². The molecule has 7 heteroatoms. The zero-order chi connectivity index (χ0) is 22.4. The van der Waals surface area contributed by atoms with Gasteiger partial charge in [0.2, 0.25) is 0 Å². The highest BCUT2D eigenvalue weighted by Crippen LogP contribution is 2.39. The van der Waals surface area contributed by atoms with Crippen molar-refractivity contribution in [2.75, 3.05) is 33.8 Å². The van der Waals surface area contributed by atoms with Crippen molar-refractivity contribution >= 4 is 17.4 Å². The molecule has 1 amide bonds. The highest BCUT2D eigenvalue weighted by molar-refractivity contribution is 6.46. The lowest BCUT2D eigenvalue weighted by atomic mass is 9.95. The molecule has 7 nitrogen and oxygen atoms in total. The predicted octanol–water partition coefficient (Wildman–Crippen LogP) is 1.83. The highest BCUT2D eigenvalue weighted by Gasteiger charge is 2.45. The smallest absolute Gasteiger partial charge is 0.295 e. The molecule has 0 saturated carbocycles. The summed E-state index contributed by atoms with van der Waals surface area (Å²) in [5.41, 5.74) is 1.32. The van der Waals surface area contributed by atoms with Gasteiger partial charge in [-0.3, -0.25) is 14.6 Å². The molecule has 1 saturated heterocycles. The van der Waals surface area contributed by atoms with Crippen molar-refractivity contribution in [1.82, 2.24) is 9.88 Å². The summed E-state index contributed by atoms with van der Waals surface area (Å²) in [5, 5.41) is 11.0. The third kappa shape index (κ3) is 5.11. The third-order valence-corrected chi connectivity index (χ3v) is 5.24. The number of hydrogen-bond acceptors (Lipinski definition) is 5. The molecule has 1 aromatic heterocycles. The maximum atomic E-state index is 13.0. The van der Waals surface area contributed by atoms with Gasteiger partial charge in [-0.2, -0.15) is 0 Å². The largest absolute Gasteiger partial charge is 0.507 e. The molecule has 1 aromatic carbocycles. The van der Waals surface area contributed by atoms with Gasteiger partial charge in [0.1, 0.15) is 11.5 Å². The Morgan fingerprint density at radius 3 is 2.42 bits per heavy atom. The lowest BCUT2D eigenvalue weighted by Gasteiger charge is -2.25. The van der Waals surface area contributed by atoms with Crippen LogP contribution in [0.5, 0.6) is 5.75 Å². The minimum Gasteiger partial charge on any atom is -0.507 e. The van der Waals surface area contributed by atoms with E-state index >= 15 is 0 Å². The molecule has 1 aliphatic rings. The molecule has 2 heterocycles. The second-order valence-electron chi connectivity index (χ2n) is 7.96. The quantitative estimate of drug-likeness (QED) is 0.365. The summed E-state index contributed by atoms with van der Waals surface area (Å²) in [5.74, 6) is -0.700. The maximum Gasteiger partial charge on any atom is 0.295 e. The molecule has 1 fully saturated rings. The lowest BCUT2D eigenvalue weighted by Crippen LogP contribution is -3.05. The number of hydrogen-bond donors (Lipinski definition) is 2. The molecule has 0 aliphatic carbocycles. The van der Waals surface area contributed by atoms with E-state index in [1.807, 2.05) is 45.3 Å². The Balaban J connectivity index is 2.02. The first-order valence-corrected chi connectivity index (χ1v) is 10.6. The number of aromatic nitrogens is 1. The molecule has 0 radical (unpaired) electrons. The number of likely N-dealkylation sites (tertiary alicyclic amines) is 1. The summed E-state index contributed by atoms with van der Waals surface area (Å²) in [4.78, 5) is 32.7. The first-order chi connectivity index (χ1) is 14.9. The number of carbonyl (C=O) groups is 2. The Morgan fingerprint density at radius 1 is 1.13 bits per heavy atom. The molecule has 0 unspecified atom stereocenters. The summed E-state index contributed by atoms with van der Waals surface area (Å²) in [6, 6.07) is 9.97. The molecule has 31 heavy (non-hydrogen) atoms. The Kier molecular flexibility index (Phi) is 7.41. The van der Waals surface area contributed by atoms with E-state index in [-0.39, 0.29) is 11.3 Å². The molecule has 2 N–H and O–H groups in total. The van der Waals surface area contributed by atoms with Gasteiger partial charge < -0.3 is 19.6 Å². The van der Waals surface area contributed by atoms with Gasteiger partial charge >= 0.3 is 0 Å². The SMILES string of the molecule is CCCOc1ccc([C@@H]2C(=C(O)c3ccncc3)C(=O)C(=O)N2CCC[NH+](C)C)cc1. The van der Waals surface area contributed by atoms with Crippen LogP contribution in [0.15, 0.2) is 54.4 Å². The second-order valence-corrected chi connectivity index (χ2v) is 7.96. The van der Waals surface area contributed by atoms with Gasteiger partial charge in [0.05, 0.1) is 38.9 Å². The van der Waals surface area contributed by atoms with Gasteiger partial charge in [-0.05, 0) is 36.2 Å². The molecule has 1 atom stereocenters. The van der Waals surface area contributed by atoms with Crippen molar-refractivity contribution in [3.8, 4) is 5.75 Å². The topological polar surface area (TPSA) is 84.2 Å². The van der Waals surface area contributed by atoms with Crippen LogP contribution < -0.4 is 9.64 Å². The van der Waals surface area contributed by atoms with Crippen molar-refractivity contribution < 1.29 is 24.3 Å². The Morgan fingerprint density at radius 2 is 1.81 bits per heavy atom. The molecule has 0 bridgehead atoms. The highest BCUT2D eigenvalue weighted by atomic mass is 16.5. The molecule has 2 aromatic rings. The van der Waals surface area contributed by atoms with E-state index in [4.69, 9.17) is 4.74 Å². The van der Waals surface area contributed by atoms with Crippen molar-refractivity contribution in [2.45, 2.75) is 25.8 Å². The number of quaternary nitrogens is 1. The van der Waals surface area contributed by atoms with Crippen LogP contribution >= 0.6 is 0 Å². The molecule has 164 valence electrons.